The Labute approximate surface area is 95.6 Å². The predicted octanol–water partition coefficient (Wildman–Crippen LogP) is 0.354. The predicted molar refractivity (Wildman–Crippen MR) is 60.0 cm³/mol. The number of rotatable bonds is 6. The number of carboxylic acid groups (broad SMARTS) is 1. The molecule has 0 aliphatic heterocycles. The molecule has 0 aromatic carbocycles. The third kappa shape index (κ3) is 3.81. The van der Waals surface area contributed by atoms with Crippen molar-refractivity contribution in [2.24, 2.45) is 5.92 Å². The van der Waals surface area contributed by atoms with Crippen LogP contribution in [-0.4, -0.2) is 35.6 Å². The van der Waals surface area contributed by atoms with Crippen LogP contribution >= 0.6 is 0 Å². The molecule has 1 saturated carbocycles. The van der Waals surface area contributed by atoms with Gasteiger partial charge in [-0.25, -0.2) is 0 Å². The highest BCUT2D eigenvalue weighted by atomic mass is 16.4. The van der Waals surface area contributed by atoms with E-state index in [2.05, 4.69) is 10.6 Å². The van der Waals surface area contributed by atoms with Crippen LogP contribution in [-0.2, 0) is 9.59 Å². The van der Waals surface area contributed by atoms with E-state index in [-0.39, 0.29) is 23.9 Å². The highest BCUT2D eigenvalue weighted by molar-refractivity contribution is 5.76. The number of hydrogen-bond donors (Lipinski definition) is 3. The Kier molecular flexibility index (Phi) is 4.73. The maximum atomic E-state index is 11.3. The molecule has 1 aliphatic carbocycles. The molecule has 5 heteroatoms. The summed E-state index contributed by atoms with van der Waals surface area (Å²) in [6.45, 7) is 4.38. The van der Waals surface area contributed by atoms with Crippen molar-refractivity contribution in [1.82, 2.24) is 10.6 Å². The molecular formula is C11H20N2O3. The summed E-state index contributed by atoms with van der Waals surface area (Å²) in [7, 11) is 0. The Morgan fingerprint density at radius 1 is 1.38 bits per heavy atom. The molecule has 2 unspecified atom stereocenters. The van der Waals surface area contributed by atoms with Crippen LogP contribution in [0, 0.1) is 5.92 Å². The van der Waals surface area contributed by atoms with Gasteiger partial charge in [0.05, 0.1) is 5.92 Å². The van der Waals surface area contributed by atoms with Crippen LogP contribution in [0.2, 0.25) is 0 Å². The zero-order valence-corrected chi connectivity index (χ0v) is 9.82. The molecule has 0 spiro atoms. The van der Waals surface area contributed by atoms with E-state index in [0.29, 0.717) is 13.0 Å². The molecular weight excluding hydrogens is 208 g/mol. The van der Waals surface area contributed by atoms with Gasteiger partial charge in [0.15, 0.2) is 0 Å². The first kappa shape index (κ1) is 13.0. The summed E-state index contributed by atoms with van der Waals surface area (Å²) in [5.74, 6) is -1.00. The maximum Gasteiger partial charge on any atom is 0.308 e. The van der Waals surface area contributed by atoms with Crippen LogP contribution in [0.25, 0.3) is 0 Å². The standard InChI is InChI=1S/C11H20N2O3/c1-7(2)13-10(14)5-6-12-9-4-3-8(9)11(15)16/h7-9,12H,3-6H2,1-2H3,(H,13,14)(H,15,16). The first-order valence-corrected chi connectivity index (χ1v) is 5.76. The fourth-order valence-electron chi connectivity index (χ4n) is 1.81. The number of carbonyl (C=O) groups is 2. The van der Waals surface area contributed by atoms with Gasteiger partial charge in [-0.1, -0.05) is 0 Å². The van der Waals surface area contributed by atoms with Crippen molar-refractivity contribution < 1.29 is 14.7 Å². The largest absolute Gasteiger partial charge is 0.481 e. The molecule has 5 nitrogen and oxygen atoms in total. The summed E-state index contributed by atoms with van der Waals surface area (Å²) in [4.78, 5) is 22.0. The minimum absolute atomic E-state index is 0.00805. The number of hydrogen-bond acceptors (Lipinski definition) is 3. The Bertz CT molecular complexity index is 266. The van der Waals surface area contributed by atoms with E-state index in [1.54, 1.807) is 0 Å². The lowest BCUT2D eigenvalue weighted by Gasteiger charge is -2.34. The van der Waals surface area contributed by atoms with Crippen LogP contribution in [0.5, 0.6) is 0 Å². The lowest BCUT2D eigenvalue weighted by atomic mass is 9.79. The van der Waals surface area contributed by atoms with Crippen molar-refractivity contribution in [3.8, 4) is 0 Å². The molecule has 0 heterocycles. The van der Waals surface area contributed by atoms with E-state index in [0.717, 1.165) is 12.8 Å². The van der Waals surface area contributed by atoms with Gasteiger partial charge < -0.3 is 15.7 Å². The van der Waals surface area contributed by atoms with Gasteiger partial charge in [-0.05, 0) is 26.7 Å². The third-order valence-corrected chi connectivity index (χ3v) is 2.80. The number of aliphatic carboxylic acids is 1. The van der Waals surface area contributed by atoms with Gasteiger partial charge in [0.2, 0.25) is 5.91 Å². The summed E-state index contributed by atoms with van der Waals surface area (Å²) >= 11 is 0. The van der Waals surface area contributed by atoms with E-state index in [1.807, 2.05) is 13.8 Å². The first-order valence-electron chi connectivity index (χ1n) is 5.76. The van der Waals surface area contributed by atoms with Gasteiger partial charge in [-0.15, -0.1) is 0 Å². The van der Waals surface area contributed by atoms with Crippen molar-refractivity contribution in [3.05, 3.63) is 0 Å². The monoisotopic (exact) mass is 228 g/mol. The summed E-state index contributed by atoms with van der Waals surface area (Å²) in [6, 6.07) is 0.201. The van der Waals surface area contributed by atoms with Crippen molar-refractivity contribution in [2.45, 2.75) is 45.2 Å². The molecule has 92 valence electrons. The van der Waals surface area contributed by atoms with Gasteiger partial charge in [0.1, 0.15) is 0 Å². The van der Waals surface area contributed by atoms with Crippen LogP contribution in [0.1, 0.15) is 33.1 Å². The van der Waals surface area contributed by atoms with E-state index in [4.69, 9.17) is 5.11 Å². The van der Waals surface area contributed by atoms with Crippen LogP contribution in [0.3, 0.4) is 0 Å². The molecule has 3 N–H and O–H groups in total. The van der Waals surface area contributed by atoms with Gasteiger partial charge in [-0.2, -0.15) is 0 Å². The van der Waals surface area contributed by atoms with E-state index < -0.39 is 5.97 Å². The fraction of sp³-hybridized carbons (Fsp3) is 0.818. The van der Waals surface area contributed by atoms with E-state index in [1.165, 1.54) is 0 Å². The number of nitrogens with one attached hydrogen (secondary N) is 2. The van der Waals surface area contributed by atoms with Crippen molar-refractivity contribution in [2.75, 3.05) is 6.54 Å². The molecule has 0 aromatic rings. The van der Waals surface area contributed by atoms with Gasteiger partial charge in [-0.3, -0.25) is 9.59 Å². The Morgan fingerprint density at radius 3 is 2.50 bits per heavy atom. The van der Waals surface area contributed by atoms with Crippen LogP contribution < -0.4 is 10.6 Å². The Balaban J connectivity index is 2.12. The summed E-state index contributed by atoms with van der Waals surface area (Å²) < 4.78 is 0. The van der Waals surface area contributed by atoms with Crippen LogP contribution in [0.15, 0.2) is 0 Å². The highest BCUT2D eigenvalue weighted by Crippen LogP contribution is 2.27. The molecule has 1 rings (SSSR count). The number of carboxylic acids is 1. The summed E-state index contributed by atoms with van der Waals surface area (Å²) in [6.07, 6.45) is 2.04. The quantitative estimate of drug-likeness (QED) is 0.613. The summed E-state index contributed by atoms with van der Waals surface area (Å²) in [5, 5.41) is 14.7. The minimum atomic E-state index is -0.740. The molecule has 0 saturated heterocycles. The number of amides is 1. The molecule has 16 heavy (non-hydrogen) atoms. The Morgan fingerprint density at radius 2 is 2.06 bits per heavy atom. The molecule has 1 aliphatic rings. The molecule has 0 radical (unpaired) electrons. The van der Waals surface area contributed by atoms with Gasteiger partial charge >= 0.3 is 5.97 Å². The average Bonchev–Trinajstić information content (AvgIpc) is 2.07. The van der Waals surface area contributed by atoms with Crippen molar-refractivity contribution in [3.63, 3.8) is 0 Å². The molecule has 0 bridgehead atoms. The SMILES string of the molecule is CC(C)NC(=O)CCNC1CCC1C(=O)O. The topological polar surface area (TPSA) is 78.4 Å². The maximum absolute atomic E-state index is 11.3. The van der Waals surface area contributed by atoms with E-state index in [9.17, 15) is 9.59 Å². The minimum Gasteiger partial charge on any atom is -0.481 e. The summed E-state index contributed by atoms with van der Waals surface area (Å²) in [5.41, 5.74) is 0. The molecule has 0 aromatic heterocycles. The van der Waals surface area contributed by atoms with Crippen molar-refractivity contribution >= 4 is 11.9 Å². The van der Waals surface area contributed by atoms with E-state index >= 15 is 0 Å². The fourth-order valence-corrected chi connectivity index (χ4v) is 1.81. The lowest BCUT2D eigenvalue weighted by molar-refractivity contribution is -0.146. The average molecular weight is 228 g/mol. The second-order valence-corrected chi connectivity index (χ2v) is 4.55. The molecule has 1 fully saturated rings. The lowest BCUT2D eigenvalue weighted by Crippen LogP contribution is -2.48. The van der Waals surface area contributed by atoms with Gasteiger partial charge in [0.25, 0.3) is 0 Å². The zero-order valence-electron chi connectivity index (χ0n) is 9.82. The van der Waals surface area contributed by atoms with Gasteiger partial charge in [0, 0.05) is 25.0 Å². The normalized spacial score (nSPS) is 23.9. The Hall–Kier alpha value is -1.10. The first-order chi connectivity index (χ1) is 7.50. The van der Waals surface area contributed by atoms with Crippen LogP contribution in [0.4, 0.5) is 0 Å². The smallest absolute Gasteiger partial charge is 0.308 e. The second kappa shape index (κ2) is 5.84. The third-order valence-electron chi connectivity index (χ3n) is 2.80. The second-order valence-electron chi connectivity index (χ2n) is 4.55. The highest BCUT2D eigenvalue weighted by Gasteiger charge is 2.35. The van der Waals surface area contributed by atoms with Crippen molar-refractivity contribution in [1.29, 1.82) is 0 Å². The molecule has 1 amide bonds. The zero-order chi connectivity index (χ0) is 12.1. The molecule has 2 atom stereocenters. The number of carbonyl (C=O) groups excluding carboxylic acids is 1.